The first-order valence-corrected chi connectivity index (χ1v) is 8.57. The molecule has 0 aromatic carbocycles. The summed E-state index contributed by atoms with van der Waals surface area (Å²) >= 11 is 5.75. The lowest BCUT2D eigenvalue weighted by molar-refractivity contribution is 0.571. The van der Waals surface area contributed by atoms with E-state index in [0.29, 0.717) is 34.1 Å². The molecular weight excluding hydrogens is 372 g/mol. The second-order valence-electron chi connectivity index (χ2n) is 6.03. The van der Waals surface area contributed by atoms with Gasteiger partial charge < -0.3 is 10.3 Å². The van der Waals surface area contributed by atoms with E-state index in [-0.39, 0.29) is 6.42 Å². The average Bonchev–Trinajstić information content (AvgIpc) is 3.05. The second-order valence-corrected chi connectivity index (χ2v) is 6.42. The molecule has 4 heterocycles. The Bertz CT molecular complexity index is 1100. The topological polar surface area (TPSA) is 66.5 Å². The van der Waals surface area contributed by atoms with Crippen LogP contribution in [0.4, 0.5) is 14.6 Å². The highest BCUT2D eigenvalue weighted by Gasteiger charge is 2.11. The fourth-order valence-corrected chi connectivity index (χ4v) is 2.89. The highest BCUT2D eigenvalue weighted by Crippen LogP contribution is 2.22. The zero-order chi connectivity index (χ0) is 18.8. The summed E-state index contributed by atoms with van der Waals surface area (Å²) < 4.78 is 27.8. The van der Waals surface area contributed by atoms with E-state index < -0.39 is 11.8 Å². The van der Waals surface area contributed by atoms with Gasteiger partial charge in [-0.05, 0) is 29.3 Å². The van der Waals surface area contributed by atoms with Gasteiger partial charge in [0.1, 0.15) is 22.4 Å². The zero-order valence-electron chi connectivity index (χ0n) is 14.0. The van der Waals surface area contributed by atoms with Gasteiger partial charge in [0.2, 0.25) is 5.95 Å². The predicted octanol–water partition coefficient (Wildman–Crippen LogP) is 4.49. The SMILES string of the molecule is Fc1cnc2[nH]cc(Cc3ccc(NCc4ccc(Cl)nc4)nc3F)c2c1. The smallest absolute Gasteiger partial charge is 0.218 e. The van der Waals surface area contributed by atoms with E-state index >= 15 is 0 Å². The molecule has 2 N–H and O–H groups in total. The molecule has 0 bridgehead atoms. The zero-order valence-corrected chi connectivity index (χ0v) is 14.8. The van der Waals surface area contributed by atoms with Crippen LogP contribution in [0.25, 0.3) is 11.0 Å². The number of fused-ring (bicyclic) bond motifs is 1. The Morgan fingerprint density at radius 2 is 1.93 bits per heavy atom. The molecule has 0 saturated heterocycles. The molecule has 0 unspecified atom stereocenters. The first-order chi connectivity index (χ1) is 13.1. The number of halogens is 3. The number of pyridine rings is 3. The van der Waals surface area contributed by atoms with Gasteiger partial charge in [0, 0.05) is 36.3 Å². The molecule has 0 aliphatic carbocycles. The van der Waals surface area contributed by atoms with E-state index in [4.69, 9.17) is 11.6 Å². The number of nitrogens with one attached hydrogen (secondary N) is 2. The maximum atomic E-state index is 14.4. The van der Waals surface area contributed by atoms with Crippen molar-refractivity contribution >= 4 is 28.5 Å². The minimum Gasteiger partial charge on any atom is -0.366 e. The third kappa shape index (κ3) is 3.88. The molecule has 0 radical (unpaired) electrons. The number of aromatic nitrogens is 4. The number of H-pyrrole nitrogens is 1. The molecule has 0 fully saturated rings. The molecule has 4 rings (SSSR count). The van der Waals surface area contributed by atoms with Crippen molar-refractivity contribution in [3.8, 4) is 0 Å². The van der Waals surface area contributed by atoms with Gasteiger partial charge in [0.15, 0.2) is 0 Å². The normalized spacial score (nSPS) is 11.1. The number of nitrogens with zero attached hydrogens (tertiary/aromatic N) is 3. The number of hydrogen-bond acceptors (Lipinski definition) is 4. The molecule has 4 aromatic rings. The van der Waals surface area contributed by atoms with Gasteiger partial charge in [-0.15, -0.1) is 0 Å². The number of aromatic amines is 1. The Labute approximate surface area is 158 Å². The fraction of sp³-hybridized carbons (Fsp3) is 0.105. The average molecular weight is 386 g/mol. The third-order valence-corrected chi connectivity index (χ3v) is 4.38. The molecule has 27 heavy (non-hydrogen) atoms. The number of anilines is 1. The second kappa shape index (κ2) is 7.28. The van der Waals surface area contributed by atoms with Gasteiger partial charge in [-0.3, -0.25) is 0 Å². The molecule has 0 atom stereocenters. The van der Waals surface area contributed by atoms with E-state index in [1.807, 2.05) is 6.07 Å². The molecule has 0 aliphatic rings. The van der Waals surface area contributed by atoms with Gasteiger partial charge in [0.25, 0.3) is 0 Å². The van der Waals surface area contributed by atoms with Gasteiger partial charge in [-0.1, -0.05) is 23.7 Å². The van der Waals surface area contributed by atoms with Crippen LogP contribution in [0.1, 0.15) is 16.7 Å². The summed E-state index contributed by atoms with van der Waals surface area (Å²) in [6.45, 7) is 0.448. The minimum atomic E-state index is -0.576. The van der Waals surface area contributed by atoms with E-state index in [1.165, 1.54) is 6.07 Å². The van der Waals surface area contributed by atoms with Crippen molar-refractivity contribution in [1.82, 2.24) is 19.9 Å². The molecule has 0 aliphatic heterocycles. The highest BCUT2D eigenvalue weighted by molar-refractivity contribution is 6.29. The van der Waals surface area contributed by atoms with Crippen LogP contribution in [-0.4, -0.2) is 19.9 Å². The Morgan fingerprint density at radius 3 is 2.70 bits per heavy atom. The molecule has 4 aromatic heterocycles. The van der Waals surface area contributed by atoms with Gasteiger partial charge >= 0.3 is 0 Å². The van der Waals surface area contributed by atoms with Crippen LogP contribution in [0.2, 0.25) is 5.15 Å². The van der Waals surface area contributed by atoms with Crippen molar-refractivity contribution in [1.29, 1.82) is 0 Å². The summed E-state index contributed by atoms with van der Waals surface area (Å²) in [6, 6.07) is 8.27. The quantitative estimate of drug-likeness (QED) is 0.497. The molecule has 0 spiro atoms. The number of hydrogen-bond donors (Lipinski definition) is 2. The first kappa shape index (κ1) is 17.4. The summed E-state index contributed by atoms with van der Waals surface area (Å²) in [7, 11) is 0. The van der Waals surface area contributed by atoms with Crippen molar-refractivity contribution in [3.05, 3.63) is 82.5 Å². The third-order valence-electron chi connectivity index (χ3n) is 4.15. The van der Waals surface area contributed by atoms with Crippen molar-refractivity contribution in [2.75, 3.05) is 5.32 Å². The molecule has 136 valence electrons. The maximum absolute atomic E-state index is 14.4. The van der Waals surface area contributed by atoms with E-state index in [0.717, 1.165) is 17.3 Å². The Balaban J connectivity index is 1.49. The summed E-state index contributed by atoms with van der Waals surface area (Å²) in [6.07, 6.45) is 4.77. The lowest BCUT2D eigenvalue weighted by Crippen LogP contribution is -2.04. The van der Waals surface area contributed by atoms with Crippen LogP contribution in [-0.2, 0) is 13.0 Å². The first-order valence-electron chi connectivity index (χ1n) is 8.20. The molecule has 8 heteroatoms. The van der Waals surface area contributed by atoms with E-state index in [1.54, 1.807) is 30.6 Å². The predicted molar refractivity (Wildman–Crippen MR) is 99.6 cm³/mol. The monoisotopic (exact) mass is 385 g/mol. The van der Waals surface area contributed by atoms with Crippen LogP contribution in [0.15, 0.2) is 48.9 Å². The fourth-order valence-electron chi connectivity index (χ4n) is 2.78. The van der Waals surface area contributed by atoms with Crippen molar-refractivity contribution < 1.29 is 8.78 Å². The molecule has 0 saturated carbocycles. The van der Waals surface area contributed by atoms with Crippen LogP contribution in [0, 0.1) is 11.8 Å². The molecule has 0 amide bonds. The molecular formula is C19H14ClF2N5. The summed E-state index contributed by atoms with van der Waals surface area (Å²) in [4.78, 5) is 14.9. The van der Waals surface area contributed by atoms with Crippen LogP contribution < -0.4 is 5.32 Å². The minimum absolute atomic E-state index is 0.283. The summed E-state index contributed by atoms with van der Waals surface area (Å²) in [5.41, 5.74) is 2.64. The van der Waals surface area contributed by atoms with Crippen molar-refractivity contribution in [2.45, 2.75) is 13.0 Å². The summed E-state index contributed by atoms with van der Waals surface area (Å²) in [5, 5.41) is 4.09. The lowest BCUT2D eigenvalue weighted by Gasteiger charge is -2.08. The van der Waals surface area contributed by atoms with Gasteiger partial charge in [-0.25, -0.2) is 19.3 Å². The standard InChI is InChI=1S/C19H14ClF2N5/c20-16-3-1-11(7-23-16)8-24-17-4-2-12(18(22)27-17)5-13-9-25-19-15(13)6-14(21)10-26-19/h1-4,6-7,9-10H,5,8H2,(H,24,27)(H,25,26). The van der Waals surface area contributed by atoms with Crippen LogP contribution in [0.5, 0.6) is 0 Å². The highest BCUT2D eigenvalue weighted by atomic mass is 35.5. The van der Waals surface area contributed by atoms with Gasteiger partial charge in [0.05, 0.1) is 6.20 Å². The van der Waals surface area contributed by atoms with Crippen molar-refractivity contribution in [2.24, 2.45) is 0 Å². The van der Waals surface area contributed by atoms with Crippen LogP contribution >= 0.6 is 11.6 Å². The van der Waals surface area contributed by atoms with Crippen LogP contribution in [0.3, 0.4) is 0 Å². The Kier molecular flexibility index (Phi) is 4.68. The maximum Gasteiger partial charge on any atom is 0.218 e. The lowest BCUT2D eigenvalue weighted by atomic mass is 10.1. The van der Waals surface area contributed by atoms with E-state index in [2.05, 4.69) is 25.3 Å². The summed E-state index contributed by atoms with van der Waals surface area (Å²) in [5.74, 6) is -0.594. The number of rotatable bonds is 5. The Hall–Kier alpha value is -3.06. The largest absolute Gasteiger partial charge is 0.366 e. The Morgan fingerprint density at radius 1 is 1.04 bits per heavy atom. The molecule has 5 nitrogen and oxygen atoms in total. The van der Waals surface area contributed by atoms with Gasteiger partial charge in [-0.2, -0.15) is 4.39 Å². The van der Waals surface area contributed by atoms with Crippen molar-refractivity contribution in [3.63, 3.8) is 0 Å². The van der Waals surface area contributed by atoms with E-state index in [9.17, 15) is 8.78 Å².